The van der Waals surface area contributed by atoms with Gasteiger partial charge in [-0.3, -0.25) is 4.79 Å². The number of amides is 1. The fourth-order valence-corrected chi connectivity index (χ4v) is 4.61. The molecule has 184 valence electrons. The molecular weight excluding hydrogens is 450 g/mol. The molecule has 1 aliphatic heterocycles. The molecular formula is C24H29F4N5O. The van der Waals surface area contributed by atoms with E-state index in [-0.39, 0.29) is 35.7 Å². The Bertz CT molecular complexity index is 992. The van der Waals surface area contributed by atoms with Gasteiger partial charge in [0.15, 0.2) is 5.69 Å². The third-order valence-electron chi connectivity index (χ3n) is 6.65. The largest absolute Gasteiger partial charge is 0.433 e. The lowest BCUT2D eigenvalue weighted by molar-refractivity contribution is -0.141. The lowest BCUT2D eigenvalue weighted by Gasteiger charge is -2.23. The molecule has 0 radical (unpaired) electrons. The van der Waals surface area contributed by atoms with E-state index >= 15 is 0 Å². The van der Waals surface area contributed by atoms with Gasteiger partial charge in [0.05, 0.1) is 0 Å². The van der Waals surface area contributed by atoms with Crippen LogP contribution in [-0.2, 0) is 6.18 Å². The van der Waals surface area contributed by atoms with Crippen LogP contribution in [0.3, 0.4) is 0 Å². The minimum absolute atomic E-state index is 0.0717. The zero-order valence-electron chi connectivity index (χ0n) is 19.0. The molecule has 1 aromatic heterocycles. The average molecular weight is 480 g/mol. The Morgan fingerprint density at radius 1 is 1.03 bits per heavy atom. The minimum atomic E-state index is -4.55. The second kappa shape index (κ2) is 10.1. The third-order valence-corrected chi connectivity index (χ3v) is 6.65. The van der Waals surface area contributed by atoms with Gasteiger partial charge in [-0.05, 0) is 68.7 Å². The predicted molar refractivity (Wildman–Crippen MR) is 121 cm³/mol. The third kappa shape index (κ3) is 5.95. The molecule has 2 aromatic rings. The normalized spacial score (nSPS) is 23.4. The van der Waals surface area contributed by atoms with Crippen molar-refractivity contribution in [1.82, 2.24) is 15.3 Å². The van der Waals surface area contributed by atoms with Gasteiger partial charge in [-0.15, -0.1) is 0 Å². The highest BCUT2D eigenvalue weighted by Crippen LogP contribution is 2.32. The van der Waals surface area contributed by atoms with Crippen molar-refractivity contribution in [1.29, 1.82) is 0 Å². The van der Waals surface area contributed by atoms with E-state index in [9.17, 15) is 22.4 Å². The standard InChI is InChI=1S/C24H29F4N5O/c1-15-4-9-18(10-11-19(15)30-22(34)16-5-7-17(25)8-6-16)29-21-14-20(24(26,27)28)31-23(32-21)33-12-2-3-13-33/h5-8,14-15,18-19H,2-4,9-13H2,1H3,(H,30,34)(H,29,31,32)/t15?,18-,19-/m0/s1. The number of carbonyl (C=O) groups excluding carboxylic acids is 1. The van der Waals surface area contributed by atoms with Crippen molar-refractivity contribution >= 4 is 17.7 Å². The van der Waals surface area contributed by atoms with Gasteiger partial charge in [-0.1, -0.05) is 6.92 Å². The Morgan fingerprint density at radius 2 is 1.71 bits per heavy atom. The summed E-state index contributed by atoms with van der Waals surface area (Å²) in [5.41, 5.74) is -0.555. The summed E-state index contributed by atoms with van der Waals surface area (Å²) in [5, 5.41) is 6.23. The van der Waals surface area contributed by atoms with Gasteiger partial charge in [-0.2, -0.15) is 18.2 Å². The molecule has 1 saturated heterocycles. The summed E-state index contributed by atoms with van der Waals surface area (Å²) in [6.07, 6.45) is 0.144. The number of anilines is 2. The highest BCUT2D eigenvalue weighted by Gasteiger charge is 2.35. The van der Waals surface area contributed by atoms with Crippen LogP contribution in [-0.4, -0.2) is 41.0 Å². The number of rotatable bonds is 5. The van der Waals surface area contributed by atoms with Crippen molar-refractivity contribution in [3.63, 3.8) is 0 Å². The molecule has 1 saturated carbocycles. The highest BCUT2D eigenvalue weighted by atomic mass is 19.4. The van der Waals surface area contributed by atoms with Gasteiger partial charge in [0.1, 0.15) is 11.6 Å². The first-order valence-electron chi connectivity index (χ1n) is 11.7. The Kier molecular flexibility index (Phi) is 7.23. The second-order valence-corrected chi connectivity index (χ2v) is 9.19. The predicted octanol–water partition coefficient (Wildman–Crippen LogP) is 5.02. The van der Waals surface area contributed by atoms with Crippen LogP contribution < -0.4 is 15.5 Å². The molecule has 1 aliphatic carbocycles. The first kappa shape index (κ1) is 24.2. The summed E-state index contributed by atoms with van der Waals surface area (Å²) in [6.45, 7) is 3.35. The Morgan fingerprint density at radius 3 is 2.38 bits per heavy atom. The van der Waals surface area contributed by atoms with Crippen molar-refractivity contribution in [3.05, 3.63) is 47.4 Å². The number of carbonyl (C=O) groups is 1. The summed E-state index contributed by atoms with van der Waals surface area (Å²) < 4.78 is 53.5. The molecule has 0 bridgehead atoms. The van der Waals surface area contributed by atoms with E-state index < -0.39 is 17.7 Å². The quantitative estimate of drug-likeness (QED) is 0.465. The van der Waals surface area contributed by atoms with Crippen LogP contribution >= 0.6 is 0 Å². The number of hydrogen-bond donors (Lipinski definition) is 2. The summed E-state index contributed by atoms with van der Waals surface area (Å²) in [6, 6.07) is 6.21. The number of alkyl halides is 3. The molecule has 1 unspecified atom stereocenters. The molecule has 6 nitrogen and oxygen atoms in total. The van der Waals surface area contributed by atoms with E-state index in [1.807, 2.05) is 0 Å². The summed E-state index contributed by atoms with van der Waals surface area (Å²) in [5.74, 6) is -0.187. The molecule has 34 heavy (non-hydrogen) atoms. The molecule has 2 N–H and O–H groups in total. The maximum absolute atomic E-state index is 13.5. The van der Waals surface area contributed by atoms with Gasteiger partial charge < -0.3 is 15.5 Å². The Hall–Kier alpha value is -2.91. The van der Waals surface area contributed by atoms with E-state index in [2.05, 4.69) is 27.5 Å². The van der Waals surface area contributed by atoms with Crippen molar-refractivity contribution in [3.8, 4) is 0 Å². The monoisotopic (exact) mass is 479 g/mol. The van der Waals surface area contributed by atoms with Gasteiger partial charge in [0.25, 0.3) is 5.91 Å². The first-order chi connectivity index (χ1) is 16.2. The molecule has 10 heteroatoms. The number of aromatic nitrogens is 2. The molecule has 2 fully saturated rings. The molecule has 0 spiro atoms. The van der Waals surface area contributed by atoms with E-state index in [1.165, 1.54) is 24.3 Å². The summed E-state index contributed by atoms with van der Waals surface area (Å²) in [4.78, 5) is 22.5. The number of hydrogen-bond acceptors (Lipinski definition) is 5. The number of nitrogens with zero attached hydrogens (tertiary/aromatic N) is 3. The maximum atomic E-state index is 13.5. The van der Waals surface area contributed by atoms with Crippen LogP contribution in [0.25, 0.3) is 0 Å². The maximum Gasteiger partial charge on any atom is 0.433 e. The van der Waals surface area contributed by atoms with Gasteiger partial charge in [0, 0.05) is 36.8 Å². The molecule has 4 rings (SSSR count). The van der Waals surface area contributed by atoms with Gasteiger partial charge in [0.2, 0.25) is 5.95 Å². The zero-order valence-corrected chi connectivity index (χ0v) is 19.0. The second-order valence-electron chi connectivity index (χ2n) is 9.19. The van der Waals surface area contributed by atoms with Crippen molar-refractivity contribution in [2.24, 2.45) is 5.92 Å². The molecule has 1 amide bonds. The van der Waals surface area contributed by atoms with Crippen LogP contribution in [0.15, 0.2) is 30.3 Å². The summed E-state index contributed by atoms with van der Waals surface area (Å²) >= 11 is 0. The average Bonchev–Trinajstić information content (AvgIpc) is 3.28. The highest BCUT2D eigenvalue weighted by molar-refractivity contribution is 5.94. The van der Waals surface area contributed by atoms with Crippen LogP contribution in [0.2, 0.25) is 0 Å². The van der Waals surface area contributed by atoms with Gasteiger partial charge >= 0.3 is 6.18 Å². The topological polar surface area (TPSA) is 70.2 Å². The van der Waals surface area contributed by atoms with Crippen molar-refractivity contribution in [2.45, 2.75) is 63.7 Å². The van der Waals surface area contributed by atoms with E-state index in [0.717, 1.165) is 31.7 Å². The van der Waals surface area contributed by atoms with E-state index in [4.69, 9.17) is 0 Å². The lowest BCUT2D eigenvalue weighted by atomic mass is 9.96. The van der Waals surface area contributed by atoms with Crippen LogP contribution in [0, 0.1) is 11.7 Å². The molecule has 3 atom stereocenters. The zero-order chi connectivity index (χ0) is 24.3. The smallest absolute Gasteiger partial charge is 0.367 e. The van der Waals surface area contributed by atoms with E-state index in [1.54, 1.807) is 4.90 Å². The number of benzene rings is 1. The summed E-state index contributed by atoms with van der Waals surface area (Å²) in [7, 11) is 0. The van der Waals surface area contributed by atoms with Crippen molar-refractivity contribution in [2.75, 3.05) is 23.3 Å². The SMILES string of the molecule is CC1CC[C@H](Nc2cc(C(F)(F)F)nc(N3CCCC3)n2)CC[C@@H]1NC(=O)c1ccc(F)cc1. The molecule has 1 aromatic carbocycles. The Balaban J connectivity index is 1.43. The van der Waals surface area contributed by atoms with Crippen molar-refractivity contribution < 1.29 is 22.4 Å². The molecule has 2 aliphatic rings. The Labute approximate surface area is 196 Å². The fraction of sp³-hybridized carbons (Fsp3) is 0.542. The van der Waals surface area contributed by atoms with Crippen LogP contribution in [0.5, 0.6) is 0 Å². The minimum Gasteiger partial charge on any atom is -0.367 e. The number of nitrogens with one attached hydrogen (secondary N) is 2. The lowest BCUT2D eigenvalue weighted by Crippen LogP contribution is -2.38. The molecule has 2 heterocycles. The first-order valence-corrected chi connectivity index (χ1v) is 11.7. The van der Waals surface area contributed by atoms with Gasteiger partial charge in [-0.25, -0.2) is 9.37 Å². The number of halogens is 4. The fourth-order valence-electron chi connectivity index (χ4n) is 4.61. The van der Waals surface area contributed by atoms with Crippen LogP contribution in [0.4, 0.5) is 29.3 Å². The van der Waals surface area contributed by atoms with Crippen LogP contribution in [0.1, 0.15) is 61.5 Å². The van der Waals surface area contributed by atoms with E-state index in [0.29, 0.717) is 31.5 Å².